The molecule has 1 N–H and O–H groups in total. The minimum Gasteiger partial charge on any atom is -0.493 e. The fourth-order valence-electron chi connectivity index (χ4n) is 2.34. The third-order valence-electron chi connectivity index (χ3n) is 3.85. The van der Waals surface area contributed by atoms with Crippen molar-refractivity contribution in [2.24, 2.45) is 10.2 Å². The lowest BCUT2D eigenvalue weighted by atomic mass is 10.2. The number of nitrogens with zero attached hydrogens (tertiary/aromatic N) is 2. The van der Waals surface area contributed by atoms with Gasteiger partial charge in [0.25, 0.3) is 5.91 Å². The maximum atomic E-state index is 12.6. The van der Waals surface area contributed by atoms with Gasteiger partial charge in [-0.05, 0) is 37.6 Å². The van der Waals surface area contributed by atoms with Gasteiger partial charge in [0.05, 0.1) is 24.9 Å². The highest BCUT2D eigenvalue weighted by atomic mass is 35.5. The molecule has 0 aliphatic heterocycles. The van der Waals surface area contributed by atoms with E-state index in [1.165, 1.54) is 33.3 Å². The molecule has 2 aromatic carbocycles. The number of ether oxygens (including phenoxy) is 2. The molecule has 0 aliphatic rings. The second-order valence-electron chi connectivity index (χ2n) is 5.80. The first-order valence-corrected chi connectivity index (χ1v) is 8.92. The van der Waals surface area contributed by atoms with Crippen LogP contribution in [0.4, 0.5) is 11.4 Å². The van der Waals surface area contributed by atoms with E-state index in [9.17, 15) is 9.59 Å². The van der Waals surface area contributed by atoms with E-state index >= 15 is 0 Å². The van der Waals surface area contributed by atoms with E-state index in [1.54, 1.807) is 25.1 Å². The normalized spacial score (nSPS) is 11.9. The first kappa shape index (κ1) is 21.7. The van der Waals surface area contributed by atoms with Gasteiger partial charge >= 0.3 is 0 Å². The van der Waals surface area contributed by atoms with Gasteiger partial charge in [-0.1, -0.05) is 29.3 Å². The standard InChI is InChI=1S/C19H19Cl2N3O4/c1-10-13(20)6-5-7-15(10)23-24-17(11(2)25)19(26)22-12-8-14(21)18(28-4)16(9-12)27-3/h5-9,17H,1-4H3,(H,22,26). The predicted molar refractivity (Wildman–Crippen MR) is 108 cm³/mol. The van der Waals surface area contributed by atoms with E-state index in [-0.39, 0.29) is 5.02 Å². The van der Waals surface area contributed by atoms with Crippen LogP contribution in [0.25, 0.3) is 0 Å². The molecule has 2 aromatic rings. The zero-order chi connectivity index (χ0) is 20.8. The molecule has 0 saturated carbocycles. The average molecular weight is 424 g/mol. The van der Waals surface area contributed by atoms with Crippen LogP contribution in [-0.2, 0) is 9.59 Å². The quantitative estimate of drug-likeness (QED) is 0.501. The number of nitrogens with one attached hydrogen (secondary N) is 1. The van der Waals surface area contributed by atoms with E-state index < -0.39 is 17.7 Å². The lowest BCUT2D eigenvalue weighted by Crippen LogP contribution is -2.31. The molecule has 0 aliphatic carbocycles. The Hall–Kier alpha value is -2.64. The number of hydrogen-bond acceptors (Lipinski definition) is 6. The number of benzene rings is 2. The fraction of sp³-hybridized carbons (Fsp3) is 0.263. The highest BCUT2D eigenvalue weighted by molar-refractivity contribution is 6.32. The Bertz CT molecular complexity index is 932. The summed E-state index contributed by atoms with van der Waals surface area (Å²) in [6, 6.07) is 6.79. The molecule has 0 radical (unpaired) electrons. The number of amides is 1. The minimum absolute atomic E-state index is 0.243. The molecular weight excluding hydrogens is 405 g/mol. The van der Waals surface area contributed by atoms with Gasteiger partial charge in [-0.3, -0.25) is 9.59 Å². The lowest BCUT2D eigenvalue weighted by molar-refractivity contribution is -0.126. The molecule has 0 aromatic heterocycles. The number of methoxy groups -OCH3 is 2. The molecule has 0 fully saturated rings. The van der Waals surface area contributed by atoms with Gasteiger partial charge in [0.2, 0.25) is 6.04 Å². The second-order valence-corrected chi connectivity index (χ2v) is 6.61. The van der Waals surface area contributed by atoms with Crippen LogP contribution in [0.15, 0.2) is 40.6 Å². The summed E-state index contributed by atoms with van der Waals surface area (Å²) in [5.41, 5.74) is 1.50. The third kappa shape index (κ3) is 4.99. The summed E-state index contributed by atoms with van der Waals surface area (Å²) in [5, 5.41) is 11.3. The molecule has 1 atom stereocenters. The van der Waals surface area contributed by atoms with Crippen molar-refractivity contribution in [1.82, 2.24) is 0 Å². The van der Waals surface area contributed by atoms with E-state index in [0.29, 0.717) is 33.5 Å². The highest BCUT2D eigenvalue weighted by Crippen LogP contribution is 2.37. The zero-order valence-corrected chi connectivity index (χ0v) is 17.3. The van der Waals surface area contributed by atoms with Crippen LogP contribution in [-0.4, -0.2) is 32.0 Å². The topological polar surface area (TPSA) is 89.4 Å². The summed E-state index contributed by atoms with van der Waals surface area (Å²) < 4.78 is 10.3. The number of halogens is 2. The maximum Gasteiger partial charge on any atom is 0.258 e. The van der Waals surface area contributed by atoms with Crippen molar-refractivity contribution >= 4 is 46.3 Å². The van der Waals surface area contributed by atoms with E-state index in [2.05, 4.69) is 15.5 Å². The van der Waals surface area contributed by atoms with Crippen LogP contribution >= 0.6 is 23.2 Å². The molecule has 7 nitrogen and oxygen atoms in total. The number of rotatable bonds is 7. The minimum atomic E-state index is -1.33. The number of azo groups is 1. The van der Waals surface area contributed by atoms with Crippen LogP contribution in [0.1, 0.15) is 12.5 Å². The molecule has 0 bridgehead atoms. The molecule has 2 rings (SSSR count). The first-order valence-electron chi connectivity index (χ1n) is 8.17. The Morgan fingerprint density at radius 2 is 1.82 bits per heavy atom. The van der Waals surface area contributed by atoms with Crippen molar-refractivity contribution in [3.8, 4) is 11.5 Å². The van der Waals surface area contributed by atoms with Crippen molar-refractivity contribution in [1.29, 1.82) is 0 Å². The SMILES string of the molecule is COc1cc(NC(=O)C(N=Nc2cccc(Cl)c2C)C(C)=O)cc(Cl)c1OC. The Labute approximate surface area is 172 Å². The van der Waals surface area contributed by atoms with Crippen LogP contribution in [0.2, 0.25) is 10.0 Å². The number of Topliss-reactive ketones (excluding diaryl/α,β-unsaturated/α-hetero) is 1. The smallest absolute Gasteiger partial charge is 0.258 e. The third-order valence-corrected chi connectivity index (χ3v) is 4.54. The van der Waals surface area contributed by atoms with Gasteiger partial charge in [0.15, 0.2) is 17.3 Å². The second kappa shape index (κ2) is 9.52. The summed E-state index contributed by atoms with van der Waals surface area (Å²) >= 11 is 12.2. The number of hydrogen-bond donors (Lipinski definition) is 1. The molecule has 0 heterocycles. The molecular formula is C19H19Cl2N3O4. The molecule has 1 amide bonds. The largest absolute Gasteiger partial charge is 0.493 e. The summed E-state index contributed by atoms with van der Waals surface area (Å²) in [6.07, 6.45) is 0. The van der Waals surface area contributed by atoms with Crippen LogP contribution in [0, 0.1) is 6.92 Å². The number of carbonyl (C=O) groups excluding carboxylic acids is 2. The Balaban J connectivity index is 2.26. The predicted octanol–water partition coefficient (Wildman–Crippen LogP) is 5.00. The van der Waals surface area contributed by atoms with Crippen LogP contribution in [0.5, 0.6) is 11.5 Å². The van der Waals surface area contributed by atoms with Gasteiger partial charge in [0.1, 0.15) is 0 Å². The summed E-state index contributed by atoms with van der Waals surface area (Å²) in [6.45, 7) is 3.03. The summed E-state index contributed by atoms with van der Waals surface area (Å²) in [7, 11) is 2.89. The van der Waals surface area contributed by atoms with Crippen molar-refractivity contribution in [3.05, 3.63) is 45.9 Å². The molecule has 0 saturated heterocycles. The summed E-state index contributed by atoms with van der Waals surface area (Å²) in [4.78, 5) is 24.5. The highest BCUT2D eigenvalue weighted by Gasteiger charge is 2.24. The van der Waals surface area contributed by atoms with E-state index in [0.717, 1.165) is 0 Å². The Morgan fingerprint density at radius 3 is 2.43 bits per heavy atom. The van der Waals surface area contributed by atoms with Crippen LogP contribution < -0.4 is 14.8 Å². The van der Waals surface area contributed by atoms with Gasteiger partial charge in [0, 0.05) is 16.8 Å². The van der Waals surface area contributed by atoms with Gasteiger partial charge in [-0.25, -0.2) is 0 Å². The van der Waals surface area contributed by atoms with E-state index in [1.807, 2.05) is 0 Å². The maximum absolute atomic E-state index is 12.6. The van der Waals surface area contributed by atoms with Gasteiger partial charge < -0.3 is 14.8 Å². The average Bonchev–Trinajstić information content (AvgIpc) is 2.64. The van der Waals surface area contributed by atoms with Gasteiger partial charge in [-0.2, -0.15) is 10.2 Å². The zero-order valence-electron chi connectivity index (χ0n) is 15.7. The number of anilines is 1. The summed E-state index contributed by atoms with van der Waals surface area (Å²) in [5.74, 6) is -0.450. The lowest BCUT2D eigenvalue weighted by Gasteiger charge is -2.14. The number of ketones is 1. The Morgan fingerprint density at radius 1 is 1.11 bits per heavy atom. The molecule has 1 unspecified atom stereocenters. The Kier molecular flexibility index (Phi) is 7.37. The van der Waals surface area contributed by atoms with E-state index in [4.69, 9.17) is 32.7 Å². The van der Waals surface area contributed by atoms with Crippen molar-refractivity contribution in [3.63, 3.8) is 0 Å². The monoisotopic (exact) mass is 423 g/mol. The number of carbonyl (C=O) groups is 2. The van der Waals surface area contributed by atoms with Crippen molar-refractivity contribution in [2.45, 2.75) is 19.9 Å². The molecule has 28 heavy (non-hydrogen) atoms. The molecule has 148 valence electrons. The van der Waals surface area contributed by atoms with Gasteiger partial charge in [-0.15, -0.1) is 0 Å². The molecule has 0 spiro atoms. The van der Waals surface area contributed by atoms with Crippen molar-refractivity contribution < 1.29 is 19.1 Å². The van der Waals surface area contributed by atoms with Crippen molar-refractivity contribution in [2.75, 3.05) is 19.5 Å². The first-order chi connectivity index (χ1) is 13.3. The van der Waals surface area contributed by atoms with Crippen LogP contribution in [0.3, 0.4) is 0 Å². The fourth-order valence-corrected chi connectivity index (χ4v) is 2.80. The molecule has 9 heteroatoms.